The van der Waals surface area contributed by atoms with E-state index in [0.29, 0.717) is 6.04 Å². The first-order valence-corrected chi connectivity index (χ1v) is 7.86. The van der Waals surface area contributed by atoms with Crippen molar-refractivity contribution in [1.82, 2.24) is 14.9 Å². The van der Waals surface area contributed by atoms with Crippen molar-refractivity contribution in [3.05, 3.63) is 29.0 Å². The van der Waals surface area contributed by atoms with Gasteiger partial charge in [0.2, 0.25) is 0 Å². The van der Waals surface area contributed by atoms with Crippen LogP contribution in [-0.4, -0.2) is 34.0 Å². The van der Waals surface area contributed by atoms with Gasteiger partial charge in [0.1, 0.15) is 11.3 Å². The number of benzene rings is 1. The van der Waals surface area contributed by atoms with Gasteiger partial charge in [0.25, 0.3) is 0 Å². The Labute approximate surface area is 126 Å². The summed E-state index contributed by atoms with van der Waals surface area (Å²) < 4.78 is 0. The monoisotopic (exact) mass is 293 g/mol. The largest absolute Gasteiger partial charge is 0.342 e. The second-order valence-electron chi connectivity index (χ2n) is 5.50. The molecule has 0 saturated heterocycles. The molecule has 0 spiro atoms. The molecule has 0 unspecified atom stereocenters. The van der Waals surface area contributed by atoms with Gasteiger partial charge in [0, 0.05) is 12.5 Å². The van der Waals surface area contributed by atoms with E-state index in [1.54, 1.807) is 0 Å². The SMILES string of the molecule is CCN(CCCCc1nc2c(Cl)cccc2[nH]1)C(C)C. The summed E-state index contributed by atoms with van der Waals surface area (Å²) in [5.74, 6) is 1.04. The first kappa shape index (κ1) is 15.3. The lowest BCUT2D eigenvalue weighted by molar-refractivity contribution is 0.229. The van der Waals surface area contributed by atoms with Crippen LogP contribution in [-0.2, 0) is 6.42 Å². The molecule has 0 fully saturated rings. The first-order chi connectivity index (χ1) is 9.61. The number of imidazole rings is 1. The van der Waals surface area contributed by atoms with Crippen LogP contribution < -0.4 is 0 Å². The number of nitrogens with one attached hydrogen (secondary N) is 1. The first-order valence-electron chi connectivity index (χ1n) is 7.49. The number of fused-ring (bicyclic) bond motifs is 1. The summed E-state index contributed by atoms with van der Waals surface area (Å²) in [5.41, 5.74) is 1.92. The van der Waals surface area contributed by atoms with Gasteiger partial charge >= 0.3 is 0 Å². The Morgan fingerprint density at radius 2 is 2.10 bits per heavy atom. The van der Waals surface area contributed by atoms with E-state index in [9.17, 15) is 0 Å². The molecule has 1 heterocycles. The van der Waals surface area contributed by atoms with Crippen molar-refractivity contribution in [2.45, 2.75) is 46.1 Å². The molecule has 20 heavy (non-hydrogen) atoms. The van der Waals surface area contributed by atoms with Gasteiger partial charge in [-0.1, -0.05) is 24.6 Å². The van der Waals surface area contributed by atoms with Crippen LogP contribution in [0.25, 0.3) is 11.0 Å². The third kappa shape index (κ3) is 3.74. The van der Waals surface area contributed by atoms with Gasteiger partial charge in [-0.15, -0.1) is 0 Å². The Balaban J connectivity index is 1.85. The minimum atomic E-state index is 0.630. The van der Waals surface area contributed by atoms with Gasteiger partial charge in [-0.25, -0.2) is 4.98 Å². The third-order valence-electron chi connectivity index (χ3n) is 3.76. The van der Waals surface area contributed by atoms with Crippen LogP contribution in [0.4, 0.5) is 0 Å². The van der Waals surface area contributed by atoms with E-state index >= 15 is 0 Å². The highest BCUT2D eigenvalue weighted by Gasteiger charge is 2.08. The molecule has 3 nitrogen and oxygen atoms in total. The smallest absolute Gasteiger partial charge is 0.107 e. The van der Waals surface area contributed by atoms with E-state index in [0.717, 1.165) is 47.8 Å². The second kappa shape index (κ2) is 7.09. The second-order valence-corrected chi connectivity index (χ2v) is 5.91. The number of hydrogen-bond acceptors (Lipinski definition) is 2. The predicted octanol–water partition coefficient (Wildman–Crippen LogP) is 4.27. The summed E-state index contributed by atoms with van der Waals surface area (Å²) in [7, 11) is 0. The lowest BCUT2D eigenvalue weighted by Crippen LogP contribution is -2.31. The van der Waals surface area contributed by atoms with E-state index in [2.05, 4.69) is 35.6 Å². The fourth-order valence-corrected chi connectivity index (χ4v) is 2.77. The molecule has 1 aromatic heterocycles. The van der Waals surface area contributed by atoms with Crippen LogP contribution in [0.3, 0.4) is 0 Å². The number of aromatic amines is 1. The number of hydrogen-bond donors (Lipinski definition) is 1. The number of aryl methyl sites for hydroxylation is 1. The molecule has 2 aromatic rings. The van der Waals surface area contributed by atoms with Crippen molar-refractivity contribution in [3.8, 4) is 0 Å². The van der Waals surface area contributed by atoms with Gasteiger partial charge < -0.3 is 9.88 Å². The van der Waals surface area contributed by atoms with E-state index in [1.165, 1.54) is 6.42 Å². The number of para-hydroxylation sites is 1. The van der Waals surface area contributed by atoms with Crippen molar-refractivity contribution in [3.63, 3.8) is 0 Å². The molecule has 0 aliphatic heterocycles. The quantitative estimate of drug-likeness (QED) is 0.773. The summed E-state index contributed by atoms with van der Waals surface area (Å²) >= 11 is 6.14. The van der Waals surface area contributed by atoms with Crippen molar-refractivity contribution >= 4 is 22.6 Å². The molecule has 0 radical (unpaired) electrons. The Kier molecular flexibility index (Phi) is 5.44. The number of rotatable bonds is 7. The molecular weight excluding hydrogens is 270 g/mol. The molecule has 0 bridgehead atoms. The van der Waals surface area contributed by atoms with Crippen LogP contribution in [0.5, 0.6) is 0 Å². The average molecular weight is 294 g/mol. The van der Waals surface area contributed by atoms with Crippen LogP contribution in [0.15, 0.2) is 18.2 Å². The summed E-state index contributed by atoms with van der Waals surface area (Å²) in [5, 5.41) is 0.724. The average Bonchev–Trinajstić information content (AvgIpc) is 2.83. The highest BCUT2D eigenvalue weighted by atomic mass is 35.5. The predicted molar refractivity (Wildman–Crippen MR) is 86.4 cm³/mol. The van der Waals surface area contributed by atoms with Crippen LogP contribution >= 0.6 is 11.6 Å². The molecule has 4 heteroatoms. The third-order valence-corrected chi connectivity index (χ3v) is 4.06. The summed E-state index contributed by atoms with van der Waals surface area (Å²) in [6.45, 7) is 9.02. The van der Waals surface area contributed by atoms with Gasteiger partial charge in [0.15, 0.2) is 0 Å². The van der Waals surface area contributed by atoms with Gasteiger partial charge in [0.05, 0.1) is 10.5 Å². The highest BCUT2D eigenvalue weighted by Crippen LogP contribution is 2.21. The molecule has 0 saturated carbocycles. The molecule has 0 aliphatic rings. The molecule has 0 atom stereocenters. The van der Waals surface area contributed by atoms with E-state index in [-0.39, 0.29) is 0 Å². The molecule has 0 aliphatic carbocycles. The fourth-order valence-electron chi connectivity index (χ4n) is 2.56. The number of nitrogens with zero attached hydrogens (tertiary/aromatic N) is 2. The minimum Gasteiger partial charge on any atom is -0.342 e. The van der Waals surface area contributed by atoms with Crippen LogP contribution in [0, 0.1) is 0 Å². The van der Waals surface area contributed by atoms with Crippen molar-refractivity contribution in [1.29, 1.82) is 0 Å². The van der Waals surface area contributed by atoms with E-state index in [1.807, 2.05) is 18.2 Å². The number of H-pyrrole nitrogens is 1. The lowest BCUT2D eigenvalue weighted by atomic mass is 10.2. The summed E-state index contributed by atoms with van der Waals surface area (Å²) in [6.07, 6.45) is 3.35. The highest BCUT2D eigenvalue weighted by molar-refractivity contribution is 6.34. The maximum atomic E-state index is 6.14. The van der Waals surface area contributed by atoms with Crippen molar-refractivity contribution in [2.75, 3.05) is 13.1 Å². The molecule has 1 N–H and O–H groups in total. The maximum Gasteiger partial charge on any atom is 0.107 e. The fraction of sp³-hybridized carbons (Fsp3) is 0.562. The Hall–Kier alpha value is -1.06. The standard InChI is InChI=1S/C16H24ClN3/c1-4-20(12(2)3)11-6-5-10-15-18-14-9-7-8-13(17)16(14)19-15/h7-9,12H,4-6,10-11H2,1-3H3,(H,18,19). The zero-order valence-electron chi connectivity index (χ0n) is 12.6. The lowest BCUT2D eigenvalue weighted by Gasteiger charge is -2.24. The topological polar surface area (TPSA) is 31.9 Å². The summed E-state index contributed by atoms with van der Waals surface area (Å²) in [4.78, 5) is 10.4. The van der Waals surface area contributed by atoms with Crippen LogP contribution in [0.2, 0.25) is 5.02 Å². The van der Waals surface area contributed by atoms with Crippen molar-refractivity contribution in [2.24, 2.45) is 0 Å². The number of unbranched alkanes of at least 4 members (excludes halogenated alkanes) is 1. The molecule has 2 rings (SSSR count). The van der Waals surface area contributed by atoms with E-state index in [4.69, 9.17) is 11.6 Å². The molecule has 1 aromatic carbocycles. The zero-order valence-corrected chi connectivity index (χ0v) is 13.4. The van der Waals surface area contributed by atoms with Gasteiger partial charge in [-0.3, -0.25) is 0 Å². The van der Waals surface area contributed by atoms with Crippen LogP contribution in [0.1, 0.15) is 39.4 Å². The Morgan fingerprint density at radius 1 is 1.30 bits per heavy atom. The Morgan fingerprint density at radius 3 is 2.75 bits per heavy atom. The maximum absolute atomic E-state index is 6.14. The number of aromatic nitrogens is 2. The summed E-state index contributed by atoms with van der Waals surface area (Å²) in [6, 6.07) is 6.49. The molecule has 110 valence electrons. The van der Waals surface area contributed by atoms with E-state index < -0.39 is 0 Å². The molecular formula is C16H24ClN3. The van der Waals surface area contributed by atoms with Crippen molar-refractivity contribution < 1.29 is 0 Å². The zero-order chi connectivity index (χ0) is 14.5. The number of halogens is 1. The Bertz CT molecular complexity index is 548. The normalized spacial score (nSPS) is 11.9. The molecule has 0 amide bonds. The van der Waals surface area contributed by atoms with Gasteiger partial charge in [-0.2, -0.15) is 0 Å². The minimum absolute atomic E-state index is 0.630. The van der Waals surface area contributed by atoms with Gasteiger partial charge in [-0.05, 0) is 51.9 Å².